The van der Waals surface area contributed by atoms with Gasteiger partial charge in [-0.25, -0.2) is 9.38 Å². The predicted octanol–water partition coefficient (Wildman–Crippen LogP) is 4.39. The molecular weight excluding hydrogens is 368 g/mol. The van der Waals surface area contributed by atoms with Crippen LogP contribution in [0.15, 0.2) is 83.9 Å². The van der Waals surface area contributed by atoms with Crippen molar-refractivity contribution >= 4 is 29.7 Å². The lowest BCUT2D eigenvalue weighted by atomic mass is 10.1. The van der Waals surface area contributed by atoms with Crippen LogP contribution in [0.5, 0.6) is 0 Å². The van der Waals surface area contributed by atoms with Gasteiger partial charge in [0.1, 0.15) is 12.4 Å². The number of benzene rings is 3. The summed E-state index contributed by atoms with van der Waals surface area (Å²) in [6.07, 6.45) is 0. The third-order valence-electron chi connectivity index (χ3n) is 4.90. The highest BCUT2D eigenvalue weighted by Crippen LogP contribution is 2.35. The number of halogens is 1. The summed E-state index contributed by atoms with van der Waals surface area (Å²) in [5, 5.41) is 3.29. The summed E-state index contributed by atoms with van der Waals surface area (Å²) in [6, 6.07) is 25.7. The second kappa shape index (κ2) is 8.24. The Labute approximate surface area is 166 Å². The van der Waals surface area contributed by atoms with Crippen molar-refractivity contribution in [1.82, 2.24) is 0 Å². The van der Waals surface area contributed by atoms with E-state index in [0.29, 0.717) is 18.4 Å². The Morgan fingerprint density at radius 3 is 2.07 bits per heavy atom. The van der Waals surface area contributed by atoms with Crippen LogP contribution < -0.4 is 15.9 Å². The minimum absolute atomic E-state index is 0.146. The molecule has 1 aliphatic heterocycles. The van der Waals surface area contributed by atoms with E-state index < -0.39 is 7.92 Å². The molecule has 0 unspecified atom stereocenters. The molecule has 0 spiro atoms. The van der Waals surface area contributed by atoms with Gasteiger partial charge in [0, 0.05) is 10.9 Å². The number of hydrogen-bond acceptors (Lipinski definition) is 2. The first kappa shape index (κ1) is 18.8. The summed E-state index contributed by atoms with van der Waals surface area (Å²) < 4.78 is 20.3. The van der Waals surface area contributed by atoms with Crippen LogP contribution in [-0.4, -0.2) is 18.5 Å². The quantitative estimate of drug-likeness (QED) is 0.592. The van der Waals surface area contributed by atoms with E-state index in [1.54, 1.807) is 6.07 Å². The van der Waals surface area contributed by atoms with Crippen molar-refractivity contribution in [3.05, 3.63) is 90.2 Å². The fourth-order valence-electron chi connectivity index (χ4n) is 3.33. The summed E-state index contributed by atoms with van der Waals surface area (Å²) in [6.45, 7) is 4.87. The monoisotopic (exact) mass is 391 g/mol. The zero-order valence-corrected chi connectivity index (χ0v) is 16.9. The molecule has 0 saturated carbocycles. The van der Waals surface area contributed by atoms with Gasteiger partial charge in [0.2, 0.25) is 5.90 Å². The van der Waals surface area contributed by atoms with Gasteiger partial charge in [-0.05, 0) is 42.6 Å². The van der Waals surface area contributed by atoms with Gasteiger partial charge in [-0.2, -0.15) is 0 Å². The fraction of sp³-hybridized carbons (Fsp3) is 0.208. The van der Waals surface area contributed by atoms with Gasteiger partial charge in [-0.15, -0.1) is 0 Å². The first-order valence-corrected chi connectivity index (χ1v) is 10.9. The van der Waals surface area contributed by atoms with Crippen molar-refractivity contribution in [3.63, 3.8) is 0 Å². The number of ether oxygens (including phenoxy) is 1. The van der Waals surface area contributed by atoms with Gasteiger partial charge < -0.3 is 4.74 Å². The molecule has 28 heavy (non-hydrogen) atoms. The summed E-state index contributed by atoms with van der Waals surface area (Å²) in [5.41, 5.74) is 0.892. The Kier molecular flexibility index (Phi) is 5.54. The highest BCUT2D eigenvalue weighted by Gasteiger charge is 2.28. The smallest absolute Gasteiger partial charge is 0.217 e. The third-order valence-corrected chi connectivity index (χ3v) is 7.38. The van der Waals surface area contributed by atoms with E-state index in [1.165, 1.54) is 16.7 Å². The Morgan fingerprint density at radius 2 is 1.54 bits per heavy atom. The van der Waals surface area contributed by atoms with Crippen LogP contribution in [0.25, 0.3) is 0 Å². The number of aliphatic imine (C=N–C) groups is 1. The molecule has 0 amide bonds. The molecule has 1 aliphatic rings. The first-order valence-electron chi connectivity index (χ1n) is 9.54. The van der Waals surface area contributed by atoms with Gasteiger partial charge in [0.25, 0.3) is 0 Å². The Morgan fingerprint density at radius 1 is 0.929 bits per heavy atom. The lowest BCUT2D eigenvalue weighted by Gasteiger charge is -2.22. The third kappa shape index (κ3) is 3.86. The highest BCUT2D eigenvalue weighted by atomic mass is 31.1. The minimum Gasteiger partial charge on any atom is -0.475 e. The van der Waals surface area contributed by atoms with E-state index in [4.69, 9.17) is 9.73 Å². The van der Waals surface area contributed by atoms with Gasteiger partial charge in [0.15, 0.2) is 0 Å². The standard InChI is InChI=1S/C24H23FNOP/c1-17(2)22-16-27-24(26-22)21-14-13-18(25)15-23(21)28(19-9-5-3-6-10-19)20-11-7-4-8-12-20/h3-15,17,22H,16H2,1-2H3/t22-/m1/s1. The zero-order valence-electron chi connectivity index (χ0n) is 16.0. The summed E-state index contributed by atoms with van der Waals surface area (Å²) in [7, 11) is -0.930. The molecule has 3 aromatic rings. The van der Waals surface area contributed by atoms with Crippen molar-refractivity contribution in [3.8, 4) is 0 Å². The van der Waals surface area contributed by atoms with E-state index in [1.807, 2.05) is 42.5 Å². The van der Waals surface area contributed by atoms with Crippen LogP contribution in [0, 0.1) is 11.7 Å². The SMILES string of the molecule is CC(C)[C@H]1COC(c2ccc(F)cc2P(c2ccccc2)c2ccccc2)=N1. The average molecular weight is 391 g/mol. The Balaban J connectivity index is 1.88. The van der Waals surface area contributed by atoms with Crippen LogP contribution >= 0.6 is 7.92 Å². The van der Waals surface area contributed by atoms with E-state index in [9.17, 15) is 4.39 Å². The molecule has 0 N–H and O–H groups in total. The molecule has 4 heteroatoms. The van der Waals surface area contributed by atoms with Crippen LogP contribution in [0.1, 0.15) is 19.4 Å². The lowest BCUT2D eigenvalue weighted by Crippen LogP contribution is -2.26. The van der Waals surface area contributed by atoms with Crippen LogP contribution in [-0.2, 0) is 4.74 Å². The molecule has 3 aromatic carbocycles. The normalized spacial score (nSPS) is 16.3. The molecule has 0 aromatic heterocycles. The van der Waals surface area contributed by atoms with E-state index in [-0.39, 0.29) is 11.9 Å². The maximum absolute atomic E-state index is 14.4. The summed E-state index contributed by atoms with van der Waals surface area (Å²) in [4.78, 5) is 4.80. The van der Waals surface area contributed by atoms with Crippen molar-refractivity contribution in [2.45, 2.75) is 19.9 Å². The molecule has 0 bridgehead atoms. The molecule has 2 nitrogen and oxygen atoms in total. The van der Waals surface area contributed by atoms with Crippen LogP contribution in [0.2, 0.25) is 0 Å². The Hall–Kier alpha value is -2.51. The predicted molar refractivity (Wildman–Crippen MR) is 116 cm³/mol. The minimum atomic E-state index is -0.930. The van der Waals surface area contributed by atoms with E-state index in [0.717, 1.165) is 10.9 Å². The zero-order chi connectivity index (χ0) is 19.5. The lowest BCUT2D eigenvalue weighted by molar-refractivity contribution is 0.292. The maximum atomic E-state index is 14.4. The average Bonchev–Trinajstić information content (AvgIpc) is 3.20. The Bertz CT molecular complexity index is 933. The number of hydrogen-bond donors (Lipinski definition) is 0. The first-order chi connectivity index (χ1) is 13.6. The van der Waals surface area contributed by atoms with E-state index in [2.05, 4.69) is 38.1 Å². The van der Waals surface area contributed by atoms with Crippen LogP contribution in [0.3, 0.4) is 0 Å². The number of rotatable bonds is 5. The summed E-state index contributed by atoms with van der Waals surface area (Å²) in [5.74, 6) is 0.802. The largest absolute Gasteiger partial charge is 0.475 e. The molecule has 1 atom stereocenters. The van der Waals surface area contributed by atoms with Crippen molar-refractivity contribution < 1.29 is 9.13 Å². The molecule has 0 radical (unpaired) electrons. The van der Waals surface area contributed by atoms with Gasteiger partial charge >= 0.3 is 0 Å². The van der Waals surface area contributed by atoms with Crippen molar-refractivity contribution in [2.75, 3.05) is 6.61 Å². The molecule has 0 saturated heterocycles. The second-order valence-corrected chi connectivity index (χ2v) is 9.41. The van der Waals surface area contributed by atoms with Crippen LogP contribution in [0.4, 0.5) is 4.39 Å². The molecular formula is C24H23FNOP. The summed E-state index contributed by atoms with van der Waals surface area (Å²) >= 11 is 0. The maximum Gasteiger partial charge on any atom is 0.217 e. The topological polar surface area (TPSA) is 21.6 Å². The van der Waals surface area contributed by atoms with Crippen molar-refractivity contribution in [2.24, 2.45) is 10.9 Å². The second-order valence-electron chi connectivity index (χ2n) is 7.22. The van der Waals surface area contributed by atoms with Crippen molar-refractivity contribution in [1.29, 1.82) is 0 Å². The molecule has 4 rings (SSSR count). The molecule has 0 fully saturated rings. The van der Waals surface area contributed by atoms with Gasteiger partial charge in [-0.1, -0.05) is 74.5 Å². The highest BCUT2D eigenvalue weighted by molar-refractivity contribution is 7.80. The number of nitrogens with zero attached hydrogens (tertiary/aromatic N) is 1. The molecule has 142 valence electrons. The van der Waals surface area contributed by atoms with E-state index >= 15 is 0 Å². The molecule has 0 aliphatic carbocycles. The van der Waals surface area contributed by atoms with Gasteiger partial charge in [-0.3, -0.25) is 0 Å². The molecule has 1 heterocycles. The fourth-order valence-corrected chi connectivity index (χ4v) is 5.79. The van der Waals surface area contributed by atoms with Gasteiger partial charge in [0.05, 0.1) is 6.04 Å².